The van der Waals surface area contributed by atoms with E-state index in [0.29, 0.717) is 6.61 Å². The molecule has 1 aromatic carbocycles. The van der Waals surface area contributed by atoms with Crippen molar-refractivity contribution in [3.05, 3.63) is 46.0 Å². The Bertz CT molecular complexity index is 379. The highest BCUT2D eigenvalue weighted by atomic mass is 16.6. The van der Waals surface area contributed by atoms with Gasteiger partial charge in [0, 0.05) is 0 Å². The first-order valence-corrected chi connectivity index (χ1v) is 3.42. The fourth-order valence-corrected chi connectivity index (χ4v) is 0.986. The van der Waals surface area contributed by atoms with Gasteiger partial charge in [-0.3, -0.25) is 10.1 Å². The number of rotatable bonds is 2. The summed E-state index contributed by atoms with van der Waals surface area (Å²) in [5.74, 6) is 2.18. The lowest BCUT2D eigenvalue weighted by molar-refractivity contribution is -0.385. The number of hydrogen-bond donors (Lipinski definition) is 1. The Kier molecular flexibility index (Phi) is 2.62. The molecular weight excluding hydrogens is 170 g/mol. The van der Waals surface area contributed by atoms with E-state index in [2.05, 4.69) is 5.92 Å². The van der Waals surface area contributed by atoms with Gasteiger partial charge in [-0.15, -0.1) is 6.42 Å². The number of terminal acetylenes is 1. The van der Waals surface area contributed by atoms with Gasteiger partial charge in [-0.1, -0.05) is 12.0 Å². The summed E-state index contributed by atoms with van der Waals surface area (Å²) in [7, 11) is 0. The number of aliphatic hydroxyl groups is 1. The minimum atomic E-state index is -0.614. The summed E-state index contributed by atoms with van der Waals surface area (Å²) in [6.07, 6.45) is 5.06. The van der Waals surface area contributed by atoms with Crippen LogP contribution in [0.4, 0.5) is 5.69 Å². The molecule has 1 rings (SSSR count). The smallest absolute Gasteiger partial charge is 0.290 e. The Morgan fingerprint density at radius 1 is 1.62 bits per heavy atom. The molecule has 0 saturated heterocycles. The molecule has 4 heteroatoms. The fraction of sp³-hybridized carbons (Fsp3) is 0. The normalized spacial score (nSPS) is 9.23. The second-order valence-corrected chi connectivity index (χ2v) is 2.27. The van der Waals surface area contributed by atoms with Crippen LogP contribution in [0.2, 0.25) is 0 Å². The van der Waals surface area contributed by atoms with Gasteiger partial charge in [-0.25, -0.2) is 0 Å². The molecule has 0 heterocycles. The number of hydrogen-bond acceptors (Lipinski definition) is 3. The molecule has 0 aromatic heterocycles. The molecule has 1 N–H and O–H groups in total. The summed E-state index contributed by atoms with van der Waals surface area (Å²) in [5.41, 5.74) is 0.0285. The van der Waals surface area contributed by atoms with Gasteiger partial charge in [0.25, 0.3) is 5.69 Å². The van der Waals surface area contributed by atoms with Gasteiger partial charge in [-0.05, 0) is 12.1 Å². The van der Waals surface area contributed by atoms with Crippen molar-refractivity contribution >= 4 is 5.69 Å². The average molecular weight is 176 g/mol. The van der Waals surface area contributed by atoms with Crippen LogP contribution < -0.4 is 0 Å². The molecular formula is C9H6NO3. The lowest BCUT2D eigenvalue weighted by atomic mass is 10.1. The Morgan fingerprint density at radius 2 is 2.31 bits per heavy atom. The van der Waals surface area contributed by atoms with E-state index in [1.165, 1.54) is 12.1 Å². The lowest BCUT2D eigenvalue weighted by Crippen LogP contribution is -1.97. The van der Waals surface area contributed by atoms with Crippen LogP contribution in [-0.4, -0.2) is 10.0 Å². The van der Waals surface area contributed by atoms with Crippen LogP contribution in [0.15, 0.2) is 18.2 Å². The average Bonchev–Trinajstić information content (AvgIpc) is 2.16. The van der Waals surface area contributed by atoms with Crippen molar-refractivity contribution in [3.8, 4) is 12.3 Å². The van der Waals surface area contributed by atoms with Gasteiger partial charge in [0.2, 0.25) is 0 Å². The number of benzene rings is 1. The molecule has 0 aliphatic carbocycles. The van der Waals surface area contributed by atoms with Gasteiger partial charge in [0.05, 0.1) is 10.5 Å². The molecule has 0 spiro atoms. The maximum Gasteiger partial charge on any atom is 0.290 e. The molecule has 0 amide bonds. The molecule has 0 unspecified atom stereocenters. The topological polar surface area (TPSA) is 63.4 Å². The highest BCUT2D eigenvalue weighted by Crippen LogP contribution is 2.23. The van der Waals surface area contributed by atoms with Crippen LogP contribution in [0.3, 0.4) is 0 Å². The minimum Gasteiger partial charge on any atom is -0.385 e. The fourth-order valence-electron chi connectivity index (χ4n) is 0.986. The van der Waals surface area contributed by atoms with Crippen molar-refractivity contribution in [1.82, 2.24) is 0 Å². The first-order chi connectivity index (χ1) is 6.20. The van der Waals surface area contributed by atoms with Crippen molar-refractivity contribution in [1.29, 1.82) is 0 Å². The molecule has 0 bridgehead atoms. The second-order valence-electron chi connectivity index (χ2n) is 2.27. The standard InChI is InChI=1S/C9H6NO3/c1-2-7-4-3-5-8(6-11)9(7)10(12)13/h1,3-6,11H. The van der Waals surface area contributed by atoms with Crippen molar-refractivity contribution in [2.45, 2.75) is 0 Å². The summed E-state index contributed by atoms with van der Waals surface area (Å²) in [5, 5.41) is 19.2. The number of nitrogens with zero attached hydrogens (tertiary/aromatic N) is 1. The van der Waals surface area contributed by atoms with Crippen LogP contribution in [0, 0.1) is 29.1 Å². The molecule has 0 aliphatic heterocycles. The molecule has 0 fully saturated rings. The lowest BCUT2D eigenvalue weighted by Gasteiger charge is -1.99. The predicted octanol–water partition coefficient (Wildman–Crippen LogP) is 1.46. The van der Waals surface area contributed by atoms with E-state index in [-0.39, 0.29) is 16.8 Å². The largest absolute Gasteiger partial charge is 0.385 e. The quantitative estimate of drug-likeness (QED) is 0.421. The zero-order valence-electron chi connectivity index (χ0n) is 6.60. The van der Waals surface area contributed by atoms with Crippen molar-refractivity contribution in [2.24, 2.45) is 0 Å². The molecule has 0 atom stereocenters. The molecule has 0 saturated carbocycles. The highest BCUT2D eigenvalue weighted by molar-refractivity contribution is 5.56. The minimum absolute atomic E-state index is 0.112. The number of para-hydroxylation sites is 1. The van der Waals surface area contributed by atoms with Gasteiger partial charge in [-0.2, -0.15) is 0 Å². The molecule has 1 radical (unpaired) electrons. The van der Waals surface area contributed by atoms with Crippen molar-refractivity contribution < 1.29 is 10.0 Å². The summed E-state index contributed by atoms with van der Waals surface area (Å²) in [6, 6.07) is 4.41. The van der Waals surface area contributed by atoms with Crippen LogP contribution >= 0.6 is 0 Å². The Hall–Kier alpha value is -1.86. The third kappa shape index (κ3) is 1.66. The van der Waals surface area contributed by atoms with Crippen LogP contribution in [-0.2, 0) is 0 Å². The van der Waals surface area contributed by atoms with E-state index in [0.717, 1.165) is 0 Å². The van der Waals surface area contributed by atoms with Gasteiger partial charge in [0.15, 0.2) is 0 Å². The number of nitro benzene ring substituents is 1. The second kappa shape index (κ2) is 3.70. The van der Waals surface area contributed by atoms with Crippen molar-refractivity contribution in [3.63, 3.8) is 0 Å². The monoisotopic (exact) mass is 176 g/mol. The maximum atomic E-state index is 10.5. The number of nitro groups is 1. The summed E-state index contributed by atoms with van der Waals surface area (Å²) < 4.78 is 0. The van der Waals surface area contributed by atoms with E-state index < -0.39 is 4.92 Å². The van der Waals surface area contributed by atoms with Crippen LogP contribution in [0.5, 0.6) is 0 Å². The zero-order valence-corrected chi connectivity index (χ0v) is 6.60. The van der Waals surface area contributed by atoms with Crippen molar-refractivity contribution in [2.75, 3.05) is 0 Å². The Morgan fingerprint density at radius 3 is 2.77 bits per heavy atom. The highest BCUT2D eigenvalue weighted by Gasteiger charge is 2.17. The van der Waals surface area contributed by atoms with Crippen LogP contribution in [0.1, 0.15) is 11.1 Å². The van der Waals surface area contributed by atoms with Crippen LogP contribution in [0.25, 0.3) is 0 Å². The predicted molar refractivity (Wildman–Crippen MR) is 46.4 cm³/mol. The third-order valence-electron chi connectivity index (χ3n) is 1.54. The molecule has 13 heavy (non-hydrogen) atoms. The van der Waals surface area contributed by atoms with Gasteiger partial charge in [0.1, 0.15) is 12.2 Å². The first kappa shape index (κ1) is 9.23. The molecule has 65 valence electrons. The SMILES string of the molecule is C#Cc1cccc([CH]O)c1[N+](=O)[O-]. The third-order valence-corrected chi connectivity index (χ3v) is 1.54. The number of aliphatic hydroxyl groups excluding tert-OH is 1. The van der Waals surface area contributed by atoms with Gasteiger partial charge < -0.3 is 5.11 Å². The van der Waals surface area contributed by atoms with E-state index in [4.69, 9.17) is 11.5 Å². The zero-order chi connectivity index (χ0) is 9.84. The Balaban J connectivity index is 3.41. The first-order valence-electron chi connectivity index (χ1n) is 3.42. The molecule has 1 aromatic rings. The van der Waals surface area contributed by atoms with E-state index in [1.54, 1.807) is 6.07 Å². The molecule has 4 nitrogen and oxygen atoms in total. The maximum absolute atomic E-state index is 10.5. The van der Waals surface area contributed by atoms with Gasteiger partial charge >= 0.3 is 0 Å². The van der Waals surface area contributed by atoms with E-state index in [1.807, 2.05) is 0 Å². The Labute approximate surface area is 75.0 Å². The van der Waals surface area contributed by atoms with E-state index >= 15 is 0 Å². The summed E-state index contributed by atoms with van der Waals surface area (Å²) in [4.78, 5) is 9.93. The summed E-state index contributed by atoms with van der Waals surface area (Å²) in [6.45, 7) is 0.666. The molecule has 0 aliphatic rings. The summed E-state index contributed by atoms with van der Waals surface area (Å²) >= 11 is 0. The van der Waals surface area contributed by atoms with E-state index in [9.17, 15) is 10.1 Å².